The Labute approximate surface area is 162 Å². The highest BCUT2D eigenvalue weighted by molar-refractivity contribution is 7.90. The van der Waals surface area contributed by atoms with E-state index in [9.17, 15) is 61.5 Å². The number of carboxylic acid groups (broad SMARTS) is 1. The zero-order valence-electron chi connectivity index (χ0n) is 15.0. The molecule has 0 heterocycles. The van der Waals surface area contributed by atoms with Crippen molar-refractivity contribution in [1.82, 2.24) is 4.72 Å². The van der Waals surface area contributed by atoms with Gasteiger partial charge in [0.05, 0.1) is 20.6 Å². The van der Waals surface area contributed by atoms with Crippen LogP contribution in [0.2, 0.25) is 0 Å². The lowest BCUT2D eigenvalue weighted by Gasteiger charge is -2.36. The molecule has 0 saturated heterocycles. The molecule has 0 amide bonds. The Morgan fingerprint density at radius 1 is 0.867 bits per heavy atom. The third-order valence-electron chi connectivity index (χ3n) is 3.64. The molecular weight excluding hydrogens is 477 g/mol. The molecule has 18 heteroatoms. The molecule has 180 valence electrons. The van der Waals surface area contributed by atoms with Crippen LogP contribution in [0.3, 0.4) is 0 Å². The number of carboxylic acids is 1. The van der Waals surface area contributed by atoms with Crippen molar-refractivity contribution in [2.45, 2.75) is 35.6 Å². The predicted molar refractivity (Wildman–Crippen MR) is 76.9 cm³/mol. The van der Waals surface area contributed by atoms with Gasteiger partial charge in [-0.05, 0) is 0 Å². The fourth-order valence-electron chi connectivity index (χ4n) is 1.98. The third-order valence-corrected chi connectivity index (χ3v) is 5.16. The smallest absolute Gasteiger partial charge is 0.460 e. The summed E-state index contributed by atoms with van der Waals surface area (Å²) in [6.07, 6.45) is -7.92. The predicted octanol–water partition coefficient (Wildman–Crippen LogP) is 2.52. The van der Waals surface area contributed by atoms with Crippen molar-refractivity contribution < 1.29 is 71.1 Å². The summed E-state index contributed by atoms with van der Waals surface area (Å²) >= 11 is 0. The summed E-state index contributed by atoms with van der Waals surface area (Å²) in [7, 11) is -4.32. The van der Waals surface area contributed by atoms with E-state index in [4.69, 9.17) is 5.11 Å². The molecule has 2 N–H and O–H groups in total. The SMILES string of the molecule is C[N+](C)(CCCNS(=O)(=O)C(F)(F)C(F)(F)C(F)(F)C(F)(F)C(F)(F)F)CC(=O)O. The number of nitrogens with zero attached hydrogens (tertiary/aromatic N) is 1. The van der Waals surface area contributed by atoms with Gasteiger partial charge >= 0.3 is 35.2 Å². The number of rotatable bonds is 11. The van der Waals surface area contributed by atoms with Gasteiger partial charge in [0, 0.05) is 13.0 Å². The first-order valence-corrected chi connectivity index (χ1v) is 8.97. The number of likely N-dealkylation sites (N-methyl/N-ethyl adjacent to an activating group) is 1. The highest BCUT2D eigenvalue weighted by atomic mass is 32.2. The summed E-state index contributed by atoms with van der Waals surface area (Å²) < 4.78 is 164. The molecule has 0 radical (unpaired) electrons. The number of aliphatic carboxylic acids is 1. The topological polar surface area (TPSA) is 83.5 Å². The molecule has 0 atom stereocenters. The van der Waals surface area contributed by atoms with E-state index in [1.165, 1.54) is 14.1 Å². The molecule has 0 saturated carbocycles. The standard InChI is InChI=1S/C12H15F11N2O4S/c1-25(2,6-7(26)27)5-3-4-24-30(28,29)12(22,23)10(17,18)8(13,14)9(15,16)11(19,20)21/h24H,3-6H2,1-2H3/p+1. The molecule has 0 aromatic rings. The van der Waals surface area contributed by atoms with Gasteiger partial charge in [-0.3, -0.25) is 0 Å². The zero-order valence-corrected chi connectivity index (χ0v) is 15.8. The number of sulfonamides is 1. The van der Waals surface area contributed by atoms with Crippen molar-refractivity contribution in [3.05, 3.63) is 0 Å². The van der Waals surface area contributed by atoms with E-state index < -0.39 is 64.7 Å². The van der Waals surface area contributed by atoms with Crippen molar-refractivity contribution in [2.75, 3.05) is 33.7 Å². The molecule has 0 aromatic carbocycles. The van der Waals surface area contributed by atoms with E-state index >= 15 is 0 Å². The van der Waals surface area contributed by atoms with Gasteiger partial charge in [-0.1, -0.05) is 0 Å². The lowest BCUT2D eigenvalue weighted by molar-refractivity contribution is -0.883. The fourth-order valence-corrected chi connectivity index (χ4v) is 3.04. The molecule has 0 bridgehead atoms. The molecule has 0 unspecified atom stereocenters. The third kappa shape index (κ3) is 5.24. The second kappa shape index (κ2) is 8.25. The number of carbonyl (C=O) groups is 1. The van der Waals surface area contributed by atoms with Crippen LogP contribution < -0.4 is 4.72 Å². The maximum atomic E-state index is 13.6. The summed E-state index contributed by atoms with van der Waals surface area (Å²) in [5, 5.41) is 1.53. The number of nitrogens with one attached hydrogen (secondary N) is 1. The molecule has 30 heavy (non-hydrogen) atoms. The number of quaternary nitrogens is 1. The normalized spacial score (nSPS) is 15.4. The molecule has 6 nitrogen and oxygen atoms in total. The Morgan fingerprint density at radius 3 is 1.67 bits per heavy atom. The highest BCUT2D eigenvalue weighted by Crippen LogP contribution is 2.58. The molecule has 0 aliphatic carbocycles. The Bertz CT molecular complexity index is 735. The molecule has 0 aliphatic heterocycles. The Balaban J connectivity index is 5.60. The van der Waals surface area contributed by atoms with Crippen LogP contribution in [-0.2, 0) is 14.8 Å². The van der Waals surface area contributed by atoms with Crippen LogP contribution in [0, 0.1) is 0 Å². The quantitative estimate of drug-likeness (QED) is 0.263. The Hall–Kier alpha value is -1.43. The molecule has 0 aliphatic rings. The number of hydrogen-bond acceptors (Lipinski definition) is 3. The molecule has 0 spiro atoms. The monoisotopic (exact) mass is 493 g/mol. The van der Waals surface area contributed by atoms with Gasteiger partial charge in [-0.25, -0.2) is 17.9 Å². The second-order valence-electron chi connectivity index (χ2n) is 6.70. The van der Waals surface area contributed by atoms with E-state index in [2.05, 4.69) is 0 Å². The van der Waals surface area contributed by atoms with E-state index in [0.717, 1.165) is 4.72 Å². The van der Waals surface area contributed by atoms with Crippen LogP contribution in [0.15, 0.2) is 0 Å². The highest BCUT2D eigenvalue weighted by Gasteiger charge is 2.89. The fraction of sp³-hybridized carbons (Fsp3) is 0.917. The summed E-state index contributed by atoms with van der Waals surface area (Å²) in [4.78, 5) is 10.6. The van der Waals surface area contributed by atoms with E-state index in [1.807, 2.05) is 0 Å². The average Bonchev–Trinajstić information content (AvgIpc) is 2.48. The number of hydrogen-bond donors (Lipinski definition) is 2. The average molecular weight is 493 g/mol. The van der Waals surface area contributed by atoms with Gasteiger partial charge in [0.2, 0.25) is 0 Å². The number of halogens is 11. The van der Waals surface area contributed by atoms with Crippen LogP contribution in [0.5, 0.6) is 0 Å². The van der Waals surface area contributed by atoms with Gasteiger partial charge in [0.25, 0.3) is 10.0 Å². The van der Waals surface area contributed by atoms with E-state index in [0.29, 0.717) is 0 Å². The summed E-state index contributed by atoms with van der Waals surface area (Å²) in [6, 6.07) is 0. The van der Waals surface area contributed by atoms with Crippen LogP contribution >= 0.6 is 0 Å². The van der Waals surface area contributed by atoms with Gasteiger partial charge in [0.1, 0.15) is 0 Å². The lowest BCUT2D eigenvalue weighted by Crippen LogP contribution is -2.69. The first-order valence-electron chi connectivity index (χ1n) is 7.48. The Kier molecular flexibility index (Phi) is 7.86. The van der Waals surface area contributed by atoms with Gasteiger partial charge in [-0.2, -0.15) is 48.3 Å². The van der Waals surface area contributed by atoms with Crippen LogP contribution in [0.1, 0.15) is 6.42 Å². The minimum Gasteiger partial charge on any atom is -0.477 e. The first kappa shape index (κ1) is 28.6. The largest absolute Gasteiger partial charge is 0.477 e. The summed E-state index contributed by atoms with van der Waals surface area (Å²) in [5.74, 6) is -24.5. The van der Waals surface area contributed by atoms with Crippen molar-refractivity contribution in [3.8, 4) is 0 Å². The van der Waals surface area contributed by atoms with Gasteiger partial charge in [0.15, 0.2) is 6.54 Å². The molecule has 0 rings (SSSR count). The van der Waals surface area contributed by atoms with Crippen molar-refractivity contribution in [2.24, 2.45) is 0 Å². The molecule has 0 fully saturated rings. The van der Waals surface area contributed by atoms with Crippen molar-refractivity contribution in [3.63, 3.8) is 0 Å². The Morgan fingerprint density at radius 2 is 1.30 bits per heavy atom. The van der Waals surface area contributed by atoms with E-state index in [-0.39, 0.29) is 11.0 Å². The van der Waals surface area contributed by atoms with Crippen LogP contribution in [-0.4, -0.2) is 86.9 Å². The maximum absolute atomic E-state index is 13.6. The maximum Gasteiger partial charge on any atom is 0.460 e. The van der Waals surface area contributed by atoms with Crippen molar-refractivity contribution in [1.29, 1.82) is 0 Å². The van der Waals surface area contributed by atoms with Gasteiger partial charge < -0.3 is 9.59 Å². The molecule has 0 aromatic heterocycles. The minimum absolute atomic E-state index is 0.265. The zero-order chi connectivity index (χ0) is 24.6. The summed E-state index contributed by atoms with van der Waals surface area (Å²) in [5.41, 5.74) is 0. The van der Waals surface area contributed by atoms with Gasteiger partial charge in [-0.15, -0.1) is 0 Å². The molecular formula is C12H16F11N2O4S+. The van der Waals surface area contributed by atoms with E-state index in [1.54, 1.807) is 0 Å². The van der Waals surface area contributed by atoms with Crippen LogP contribution in [0.25, 0.3) is 0 Å². The first-order chi connectivity index (χ1) is 12.9. The second-order valence-corrected chi connectivity index (χ2v) is 8.51. The summed E-state index contributed by atoms with van der Waals surface area (Å²) in [6.45, 7) is -1.98. The lowest BCUT2D eigenvalue weighted by atomic mass is 10.0. The number of alkyl halides is 11. The van der Waals surface area contributed by atoms with Crippen molar-refractivity contribution >= 4 is 16.0 Å². The minimum atomic E-state index is -7.84. The van der Waals surface area contributed by atoms with Crippen LogP contribution in [0.4, 0.5) is 48.3 Å².